The Morgan fingerprint density at radius 1 is 1.19 bits per heavy atom. The number of benzene rings is 2. The number of anilines is 1. The van der Waals surface area contributed by atoms with Crippen LogP contribution in [0.15, 0.2) is 47.6 Å². The maximum Gasteiger partial charge on any atom is 0.416 e. The lowest BCUT2D eigenvalue weighted by Crippen LogP contribution is -2.57. The van der Waals surface area contributed by atoms with Crippen molar-refractivity contribution < 1.29 is 22.3 Å². The van der Waals surface area contributed by atoms with Gasteiger partial charge in [0.2, 0.25) is 5.95 Å². The molecule has 1 fully saturated rings. The topological polar surface area (TPSA) is 56.8 Å². The SMILES string of the molecule is COc1ccc(-c2cc(C(F)(F)F)cc3[nH]c(N4CCN(C5=NC=CCC5(C)Cl)C[C@H]4C)nc23)cc1F. The largest absolute Gasteiger partial charge is 0.494 e. The van der Waals surface area contributed by atoms with Gasteiger partial charge in [-0.3, -0.25) is 0 Å². The predicted octanol–water partition coefficient (Wildman–Crippen LogP) is 6.22. The third kappa shape index (κ3) is 4.74. The zero-order chi connectivity index (χ0) is 26.5. The molecule has 196 valence electrons. The van der Waals surface area contributed by atoms with Gasteiger partial charge in [0.15, 0.2) is 11.6 Å². The van der Waals surface area contributed by atoms with Crippen LogP contribution < -0.4 is 9.64 Å². The Balaban J connectivity index is 1.51. The molecule has 0 amide bonds. The van der Waals surface area contributed by atoms with Gasteiger partial charge < -0.3 is 19.5 Å². The first-order valence-corrected chi connectivity index (χ1v) is 12.2. The first-order chi connectivity index (χ1) is 17.5. The van der Waals surface area contributed by atoms with Gasteiger partial charge in [-0.25, -0.2) is 14.4 Å². The van der Waals surface area contributed by atoms with Crippen molar-refractivity contribution in [2.45, 2.75) is 37.4 Å². The molecule has 11 heteroatoms. The number of alkyl halides is 4. The van der Waals surface area contributed by atoms with Crippen molar-refractivity contribution in [3.05, 3.63) is 54.0 Å². The standard InChI is InChI=1S/C26H26ClF4N5O/c1-15-14-35(23-25(2,27)7-4-8-32-23)9-10-36(15)24-33-20-13-17(26(29,30)31)12-18(22(20)34-24)16-5-6-21(37-3)19(28)11-16/h4-6,8,11-13,15H,7,9-10,14H2,1-3H3,(H,33,34)/t15-,25?/m1/s1. The molecule has 37 heavy (non-hydrogen) atoms. The van der Waals surface area contributed by atoms with E-state index in [1.165, 1.54) is 19.2 Å². The average molecular weight is 536 g/mol. The number of allylic oxidation sites excluding steroid dienone is 1. The number of rotatable bonds is 3. The van der Waals surface area contributed by atoms with E-state index in [1.54, 1.807) is 6.20 Å². The Bertz CT molecular complexity index is 1400. The second-order valence-electron chi connectivity index (χ2n) is 9.55. The third-order valence-electron chi connectivity index (χ3n) is 6.83. The maximum absolute atomic E-state index is 14.5. The fourth-order valence-corrected chi connectivity index (χ4v) is 5.21. The molecule has 0 bridgehead atoms. The van der Waals surface area contributed by atoms with Crippen LogP contribution in [0.1, 0.15) is 25.8 Å². The molecular weight excluding hydrogens is 510 g/mol. The molecule has 0 spiro atoms. The first-order valence-electron chi connectivity index (χ1n) is 11.9. The zero-order valence-electron chi connectivity index (χ0n) is 20.5. The Hall–Kier alpha value is -3.27. The Morgan fingerprint density at radius 2 is 1.97 bits per heavy atom. The van der Waals surface area contributed by atoms with Crippen molar-refractivity contribution in [1.82, 2.24) is 14.9 Å². The summed E-state index contributed by atoms with van der Waals surface area (Å²) in [7, 11) is 1.33. The van der Waals surface area contributed by atoms with E-state index in [4.69, 9.17) is 16.3 Å². The normalized spacial score (nSPS) is 22.5. The Kier molecular flexibility index (Phi) is 6.34. The fourth-order valence-electron chi connectivity index (χ4n) is 4.96. The number of piperazine rings is 1. The van der Waals surface area contributed by atoms with Crippen LogP contribution >= 0.6 is 11.6 Å². The molecule has 0 saturated carbocycles. The lowest BCUT2D eigenvalue weighted by molar-refractivity contribution is -0.137. The van der Waals surface area contributed by atoms with Crippen molar-refractivity contribution >= 4 is 34.4 Å². The third-order valence-corrected chi connectivity index (χ3v) is 7.16. The number of nitrogens with one attached hydrogen (secondary N) is 1. The van der Waals surface area contributed by atoms with E-state index in [9.17, 15) is 17.6 Å². The predicted molar refractivity (Wildman–Crippen MR) is 137 cm³/mol. The molecule has 3 heterocycles. The van der Waals surface area contributed by atoms with E-state index in [1.807, 2.05) is 24.8 Å². The number of halogens is 5. The van der Waals surface area contributed by atoms with Crippen molar-refractivity contribution in [2.24, 2.45) is 4.99 Å². The smallest absolute Gasteiger partial charge is 0.416 e. The lowest BCUT2D eigenvalue weighted by atomic mass is 10.0. The van der Waals surface area contributed by atoms with E-state index in [0.717, 1.165) is 24.0 Å². The van der Waals surface area contributed by atoms with Gasteiger partial charge in [-0.2, -0.15) is 13.2 Å². The molecule has 1 unspecified atom stereocenters. The minimum atomic E-state index is -4.58. The van der Waals surface area contributed by atoms with E-state index >= 15 is 0 Å². The molecule has 3 aromatic rings. The number of aromatic amines is 1. The average Bonchev–Trinajstić information content (AvgIpc) is 3.26. The summed E-state index contributed by atoms with van der Waals surface area (Å²) in [5.41, 5.74) is 0.165. The zero-order valence-corrected chi connectivity index (χ0v) is 21.3. The molecule has 1 saturated heterocycles. The molecule has 0 aliphatic carbocycles. The lowest BCUT2D eigenvalue weighted by Gasteiger charge is -2.44. The number of fused-ring (bicyclic) bond motifs is 1. The molecular formula is C26H26ClF4N5O. The molecule has 1 aromatic heterocycles. The fraction of sp³-hybridized carbons (Fsp3) is 0.385. The summed E-state index contributed by atoms with van der Waals surface area (Å²) < 4.78 is 60.6. The van der Waals surface area contributed by atoms with E-state index < -0.39 is 22.4 Å². The van der Waals surface area contributed by atoms with Crippen LogP contribution in [0.3, 0.4) is 0 Å². The van der Waals surface area contributed by atoms with Crippen LogP contribution in [0.5, 0.6) is 5.75 Å². The highest BCUT2D eigenvalue weighted by molar-refractivity contribution is 6.35. The quantitative estimate of drug-likeness (QED) is 0.319. The molecule has 2 atom stereocenters. The first kappa shape index (κ1) is 25.4. The molecule has 2 aromatic carbocycles. The molecule has 2 aliphatic rings. The number of aromatic nitrogens is 2. The van der Waals surface area contributed by atoms with Gasteiger partial charge in [0.1, 0.15) is 10.7 Å². The molecule has 0 radical (unpaired) electrons. The van der Waals surface area contributed by atoms with Crippen molar-refractivity contribution in [1.29, 1.82) is 0 Å². The number of amidine groups is 1. The summed E-state index contributed by atoms with van der Waals surface area (Å²) in [6.07, 6.45) is -0.201. The number of imidazole rings is 1. The van der Waals surface area contributed by atoms with Gasteiger partial charge in [-0.1, -0.05) is 12.1 Å². The van der Waals surface area contributed by atoms with Gasteiger partial charge in [0, 0.05) is 37.4 Å². The highest BCUT2D eigenvalue weighted by Gasteiger charge is 2.37. The number of methoxy groups -OCH3 is 1. The second kappa shape index (κ2) is 9.24. The summed E-state index contributed by atoms with van der Waals surface area (Å²) in [5, 5.41) is 0. The summed E-state index contributed by atoms with van der Waals surface area (Å²) in [5.74, 6) is 0.604. The minimum Gasteiger partial charge on any atom is -0.494 e. The van der Waals surface area contributed by atoms with Crippen LogP contribution in [0, 0.1) is 5.82 Å². The molecule has 1 N–H and O–H groups in total. The molecule has 2 aliphatic heterocycles. The highest BCUT2D eigenvalue weighted by Crippen LogP contribution is 2.38. The summed E-state index contributed by atoms with van der Waals surface area (Å²) in [4.78, 5) is 15.9. The van der Waals surface area contributed by atoms with Crippen LogP contribution in [0.4, 0.5) is 23.5 Å². The van der Waals surface area contributed by atoms with Crippen molar-refractivity contribution in [3.63, 3.8) is 0 Å². The number of nitrogens with zero attached hydrogens (tertiary/aromatic N) is 4. The maximum atomic E-state index is 14.5. The van der Waals surface area contributed by atoms with E-state index in [2.05, 4.69) is 19.9 Å². The highest BCUT2D eigenvalue weighted by atomic mass is 35.5. The Labute approximate surface area is 216 Å². The number of hydrogen-bond donors (Lipinski definition) is 1. The van der Waals surface area contributed by atoms with Crippen molar-refractivity contribution in [2.75, 3.05) is 31.6 Å². The van der Waals surface area contributed by atoms with Gasteiger partial charge in [-0.15, -0.1) is 11.6 Å². The Morgan fingerprint density at radius 3 is 2.62 bits per heavy atom. The van der Waals surface area contributed by atoms with Gasteiger partial charge in [-0.05, 0) is 50.1 Å². The molecule has 6 nitrogen and oxygen atoms in total. The summed E-state index contributed by atoms with van der Waals surface area (Å²) >= 11 is 6.70. The van der Waals surface area contributed by atoms with Gasteiger partial charge in [0.05, 0.1) is 23.7 Å². The number of H-pyrrole nitrogens is 1. The van der Waals surface area contributed by atoms with Crippen LogP contribution in [-0.4, -0.2) is 58.4 Å². The van der Waals surface area contributed by atoms with E-state index in [-0.39, 0.29) is 28.4 Å². The van der Waals surface area contributed by atoms with Crippen LogP contribution in [0.25, 0.3) is 22.2 Å². The minimum absolute atomic E-state index is 0.00693. The second-order valence-corrected chi connectivity index (χ2v) is 10.4. The number of hydrogen-bond acceptors (Lipinski definition) is 5. The number of ether oxygens (including phenoxy) is 1. The van der Waals surface area contributed by atoms with Crippen molar-refractivity contribution in [3.8, 4) is 16.9 Å². The van der Waals surface area contributed by atoms with Gasteiger partial charge >= 0.3 is 6.18 Å². The molecule has 5 rings (SSSR count). The van der Waals surface area contributed by atoms with Gasteiger partial charge in [0.25, 0.3) is 0 Å². The number of aliphatic imine (C=N–C) groups is 1. The van der Waals surface area contributed by atoms with Crippen LogP contribution in [0.2, 0.25) is 0 Å². The monoisotopic (exact) mass is 535 g/mol. The van der Waals surface area contributed by atoms with E-state index in [0.29, 0.717) is 37.5 Å². The van der Waals surface area contributed by atoms with Crippen LogP contribution in [-0.2, 0) is 6.18 Å². The summed E-state index contributed by atoms with van der Waals surface area (Å²) in [6.45, 7) is 5.77. The summed E-state index contributed by atoms with van der Waals surface area (Å²) in [6, 6.07) is 6.09.